The number of aromatic nitrogens is 1. The van der Waals surface area contributed by atoms with Crippen LogP contribution in [0, 0.1) is 6.92 Å². The predicted molar refractivity (Wildman–Crippen MR) is 127 cm³/mol. The Balaban J connectivity index is 1.72. The predicted octanol–water partition coefficient (Wildman–Crippen LogP) is 4.89. The molecule has 0 atom stereocenters. The van der Waals surface area contributed by atoms with Gasteiger partial charge in [0.2, 0.25) is 0 Å². The third kappa shape index (κ3) is 4.54. The minimum Gasteiger partial charge on any atom is -0.497 e. The maximum absolute atomic E-state index is 13.2. The second kappa shape index (κ2) is 9.22. The number of fused-ring (bicyclic) bond motifs is 1. The molecular formula is C26H23N3O3. The molecule has 1 heterocycles. The highest BCUT2D eigenvalue weighted by Crippen LogP contribution is 2.25. The maximum atomic E-state index is 13.2. The molecule has 160 valence electrons. The first-order valence-electron chi connectivity index (χ1n) is 10.2. The molecule has 3 N–H and O–H groups in total. The van der Waals surface area contributed by atoms with Gasteiger partial charge in [0.15, 0.2) is 0 Å². The summed E-state index contributed by atoms with van der Waals surface area (Å²) in [5.41, 5.74) is 3.84. The van der Waals surface area contributed by atoms with E-state index in [-0.39, 0.29) is 11.6 Å². The number of H-pyrrole nitrogens is 1. The average molecular weight is 425 g/mol. The summed E-state index contributed by atoms with van der Waals surface area (Å²) in [5.74, 6) is -0.0824. The largest absolute Gasteiger partial charge is 0.497 e. The fourth-order valence-corrected chi connectivity index (χ4v) is 3.37. The molecule has 0 aliphatic carbocycles. The molecule has 1 aromatic heterocycles. The molecule has 4 aromatic rings. The lowest BCUT2D eigenvalue weighted by atomic mass is 10.1. The third-order valence-corrected chi connectivity index (χ3v) is 5.14. The van der Waals surface area contributed by atoms with Gasteiger partial charge in [0.1, 0.15) is 11.4 Å². The summed E-state index contributed by atoms with van der Waals surface area (Å²) in [5, 5.41) is 6.54. The van der Waals surface area contributed by atoms with Gasteiger partial charge in [-0.25, -0.2) is 0 Å². The van der Waals surface area contributed by atoms with E-state index < -0.39 is 5.91 Å². The van der Waals surface area contributed by atoms with Gasteiger partial charge in [0.25, 0.3) is 11.8 Å². The van der Waals surface area contributed by atoms with Crippen molar-refractivity contribution in [2.24, 2.45) is 0 Å². The van der Waals surface area contributed by atoms with E-state index in [1.807, 2.05) is 55.5 Å². The van der Waals surface area contributed by atoms with E-state index in [0.717, 1.165) is 22.0 Å². The molecule has 0 saturated heterocycles. The Bertz CT molecular complexity index is 1310. The van der Waals surface area contributed by atoms with E-state index in [4.69, 9.17) is 4.74 Å². The fraction of sp³-hybridized carbons (Fsp3) is 0.0769. The van der Waals surface area contributed by atoms with Crippen molar-refractivity contribution in [2.45, 2.75) is 6.92 Å². The maximum Gasteiger partial charge on any atom is 0.272 e. The Hall–Kier alpha value is -4.32. The summed E-state index contributed by atoms with van der Waals surface area (Å²) in [6.07, 6.45) is 3.45. The number of aryl methyl sites for hydroxylation is 1. The number of anilines is 1. The van der Waals surface area contributed by atoms with Crippen LogP contribution in [0.25, 0.3) is 17.0 Å². The van der Waals surface area contributed by atoms with Gasteiger partial charge in [-0.05, 0) is 55.0 Å². The van der Waals surface area contributed by atoms with Crippen molar-refractivity contribution in [3.05, 3.63) is 101 Å². The molecule has 4 rings (SSSR count). The molecule has 0 radical (unpaired) electrons. The molecule has 32 heavy (non-hydrogen) atoms. The molecule has 2 amide bonds. The first-order chi connectivity index (χ1) is 15.5. The number of carbonyl (C=O) groups excluding carboxylic acids is 2. The molecule has 6 nitrogen and oxygen atoms in total. The molecule has 6 heteroatoms. The molecule has 0 aliphatic rings. The van der Waals surface area contributed by atoms with Gasteiger partial charge < -0.3 is 20.4 Å². The number of methoxy groups -OCH3 is 1. The number of para-hydroxylation sites is 1. The Labute approximate surface area is 185 Å². The van der Waals surface area contributed by atoms with Crippen LogP contribution < -0.4 is 15.4 Å². The number of rotatable bonds is 6. The number of ether oxygens (including phenoxy) is 1. The second-order valence-electron chi connectivity index (χ2n) is 7.30. The van der Waals surface area contributed by atoms with E-state index >= 15 is 0 Å². The number of hydrogen-bond donors (Lipinski definition) is 3. The Morgan fingerprint density at radius 2 is 1.72 bits per heavy atom. The Kier molecular flexibility index (Phi) is 6.03. The van der Waals surface area contributed by atoms with Gasteiger partial charge in [-0.3, -0.25) is 9.59 Å². The number of hydrogen-bond acceptors (Lipinski definition) is 3. The van der Waals surface area contributed by atoms with Crippen molar-refractivity contribution in [3.8, 4) is 5.75 Å². The lowest BCUT2D eigenvalue weighted by Crippen LogP contribution is -2.30. The first-order valence-corrected chi connectivity index (χ1v) is 10.2. The summed E-state index contributed by atoms with van der Waals surface area (Å²) in [4.78, 5) is 29.2. The van der Waals surface area contributed by atoms with Crippen molar-refractivity contribution in [3.63, 3.8) is 0 Å². The van der Waals surface area contributed by atoms with E-state index in [9.17, 15) is 9.59 Å². The van der Waals surface area contributed by atoms with Crippen molar-refractivity contribution in [1.29, 1.82) is 0 Å². The third-order valence-electron chi connectivity index (χ3n) is 5.14. The zero-order valence-electron chi connectivity index (χ0n) is 17.8. The van der Waals surface area contributed by atoms with Crippen LogP contribution in [0.3, 0.4) is 0 Å². The van der Waals surface area contributed by atoms with Crippen LogP contribution in [0.1, 0.15) is 21.5 Å². The number of amides is 2. The minimum atomic E-state index is -0.416. The highest BCUT2D eigenvalue weighted by Gasteiger charge is 2.16. The van der Waals surface area contributed by atoms with Crippen LogP contribution in [0.5, 0.6) is 5.75 Å². The average Bonchev–Trinajstić information content (AvgIpc) is 3.22. The van der Waals surface area contributed by atoms with Gasteiger partial charge >= 0.3 is 0 Å². The Morgan fingerprint density at radius 3 is 2.47 bits per heavy atom. The summed E-state index contributed by atoms with van der Waals surface area (Å²) >= 11 is 0. The second-order valence-corrected chi connectivity index (χ2v) is 7.30. The lowest BCUT2D eigenvalue weighted by Gasteiger charge is -2.12. The molecule has 0 fully saturated rings. The quantitative estimate of drug-likeness (QED) is 0.385. The van der Waals surface area contributed by atoms with Crippen LogP contribution in [0.2, 0.25) is 0 Å². The number of nitrogens with one attached hydrogen (secondary N) is 3. The summed E-state index contributed by atoms with van der Waals surface area (Å²) in [7, 11) is 1.60. The monoisotopic (exact) mass is 425 g/mol. The molecule has 3 aromatic carbocycles. The topological polar surface area (TPSA) is 83.2 Å². The van der Waals surface area contributed by atoms with E-state index in [2.05, 4.69) is 15.6 Å². The molecule has 0 unspecified atom stereocenters. The molecule has 0 spiro atoms. The lowest BCUT2D eigenvalue weighted by molar-refractivity contribution is -0.113. The molecular weight excluding hydrogens is 402 g/mol. The van der Waals surface area contributed by atoms with Crippen LogP contribution >= 0.6 is 0 Å². The molecule has 0 saturated carbocycles. The van der Waals surface area contributed by atoms with E-state index in [1.54, 1.807) is 43.6 Å². The fourth-order valence-electron chi connectivity index (χ4n) is 3.37. The van der Waals surface area contributed by atoms with E-state index in [0.29, 0.717) is 17.0 Å². The molecule has 0 bridgehead atoms. The zero-order chi connectivity index (χ0) is 22.5. The van der Waals surface area contributed by atoms with Crippen molar-refractivity contribution >= 4 is 34.5 Å². The standard InChI is InChI=1S/C26H23N3O3/c1-17-8-6-7-11-22(17)28-26(31)24(29-25(30)18-9-4-3-5-10-18)14-19-16-27-23-13-12-20(32-2)15-21(19)23/h3-16,27H,1-2H3,(H,28,31)(H,29,30). The summed E-state index contributed by atoms with van der Waals surface area (Å²) < 4.78 is 5.33. The number of carbonyl (C=O) groups is 2. The number of aromatic amines is 1. The van der Waals surface area contributed by atoms with Gasteiger partial charge in [-0.2, -0.15) is 0 Å². The van der Waals surface area contributed by atoms with Gasteiger partial charge in [-0.15, -0.1) is 0 Å². The highest BCUT2D eigenvalue weighted by molar-refractivity contribution is 6.11. The Morgan fingerprint density at radius 1 is 0.969 bits per heavy atom. The summed E-state index contributed by atoms with van der Waals surface area (Å²) in [6, 6.07) is 21.9. The van der Waals surface area contributed by atoms with Crippen molar-refractivity contribution in [2.75, 3.05) is 12.4 Å². The summed E-state index contributed by atoms with van der Waals surface area (Å²) in [6.45, 7) is 1.91. The van der Waals surface area contributed by atoms with Crippen molar-refractivity contribution < 1.29 is 14.3 Å². The minimum absolute atomic E-state index is 0.130. The van der Waals surface area contributed by atoms with Crippen LogP contribution in [0.4, 0.5) is 5.69 Å². The number of benzene rings is 3. The van der Waals surface area contributed by atoms with Gasteiger partial charge in [0, 0.05) is 33.9 Å². The highest BCUT2D eigenvalue weighted by atomic mass is 16.5. The van der Waals surface area contributed by atoms with Crippen LogP contribution in [-0.4, -0.2) is 23.9 Å². The van der Waals surface area contributed by atoms with Gasteiger partial charge in [-0.1, -0.05) is 36.4 Å². The van der Waals surface area contributed by atoms with Crippen LogP contribution in [0.15, 0.2) is 84.7 Å². The van der Waals surface area contributed by atoms with E-state index in [1.165, 1.54) is 0 Å². The SMILES string of the molecule is COc1ccc2[nH]cc(C=C(NC(=O)c3ccccc3)C(=O)Nc3ccccc3C)c2c1. The smallest absolute Gasteiger partial charge is 0.272 e. The van der Waals surface area contributed by atoms with Gasteiger partial charge in [0.05, 0.1) is 7.11 Å². The van der Waals surface area contributed by atoms with Crippen molar-refractivity contribution in [1.82, 2.24) is 10.3 Å². The first kappa shape index (κ1) is 20.9. The molecule has 0 aliphatic heterocycles. The van der Waals surface area contributed by atoms with Crippen LogP contribution in [-0.2, 0) is 4.79 Å². The normalized spacial score (nSPS) is 11.2. The zero-order valence-corrected chi connectivity index (χ0v) is 17.8.